The molecule has 0 aliphatic carbocycles. The fourth-order valence-corrected chi connectivity index (χ4v) is 0.702. The molecule has 6 nitrogen and oxygen atoms in total. The molecule has 1 aromatic rings. The van der Waals surface area contributed by atoms with Crippen LogP contribution >= 0.6 is 0 Å². The first kappa shape index (κ1) is 8.25. The Balaban J connectivity index is 2.77. The van der Waals surface area contributed by atoms with Gasteiger partial charge >= 0.3 is 11.9 Å². The Morgan fingerprint density at radius 1 is 1.50 bits per heavy atom. The van der Waals surface area contributed by atoms with Crippen LogP contribution in [0.1, 0.15) is 10.5 Å². The molecule has 0 amide bonds. The third kappa shape index (κ3) is 1.82. The van der Waals surface area contributed by atoms with Crippen molar-refractivity contribution >= 4 is 11.9 Å². The Labute approximate surface area is 67.0 Å². The molecule has 12 heavy (non-hydrogen) atoms. The average molecular weight is 170 g/mol. The van der Waals surface area contributed by atoms with Crippen LogP contribution in [0.5, 0.6) is 0 Å². The molecule has 0 fully saturated rings. The molecule has 2 N–H and O–H groups in total. The van der Waals surface area contributed by atoms with Crippen molar-refractivity contribution in [3.63, 3.8) is 0 Å². The molecule has 0 saturated heterocycles. The van der Waals surface area contributed by atoms with Gasteiger partial charge in [-0.3, -0.25) is 9.48 Å². The quantitative estimate of drug-likeness (QED) is 0.647. The number of aromatic nitrogens is 2. The molecular weight excluding hydrogens is 164 g/mol. The number of hydrogen-bond acceptors (Lipinski definition) is 3. The van der Waals surface area contributed by atoms with Gasteiger partial charge in [-0.15, -0.1) is 0 Å². The summed E-state index contributed by atoms with van der Waals surface area (Å²) in [6, 6.07) is 1.24. The number of carboxylic acids is 2. The predicted octanol–water partition coefficient (Wildman–Crippen LogP) is -0.334. The summed E-state index contributed by atoms with van der Waals surface area (Å²) < 4.78 is 1.05. The molecule has 6 heteroatoms. The number of hydrogen-bond donors (Lipinski definition) is 2. The Bertz CT molecular complexity index is 317. The molecule has 1 rings (SSSR count). The van der Waals surface area contributed by atoms with Crippen molar-refractivity contribution in [1.82, 2.24) is 9.78 Å². The van der Waals surface area contributed by atoms with E-state index in [1.807, 2.05) is 0 Å². The van der Waals surface area contributed by atoms with Crippen LogP contribution in [0.2, 0.25) is 0 Å². The Morgan fingerprint density at radius 3 is 2.58 bits per heavy atom. The monoisotopic (exact) mass is 170 g/mol. The van der Waals surface area contributed by atoms with Crippen LogP contribution < -0.4 is 0 Å². The molecule has 0 spiro atoms. The Hall–Kier alpha value is -1.85. The van der Waals surface area contributed by atoms with E-state index in [1.165, 1.54) is 12.3 Å². The molecule has 1 heterocycles. The van der Waals surface area contributed by atoms with E-state index in [2.05, 4.69) is 5.10 Å². The normalized spacial score (nSPS) is 9.67. The van der Waals surface area contributed by atoms with Gasteiger partial charge in [0.05, 0.1) is 0 Å². The second-order valence-electron chi connectivity index (χ2n) is 2.10. The molecular formula is C6H6N2O4. The zero-order valence-electron chi connectivity index (χ0n) is 5.97. The summed E-state index contributed by atoms with van der Waals surface area (Å²) in [5.41, 5.74) is -0.156. The minimum Gasteiger partial charge on any atom is -0.480 e. The number of carboxylic acid groups (broad SMARTS) is 2. The van der Waals surface area contributed by atoms with Gasteiger partial charge in [-0.25, -0.2) is 4.79 Å². The molecule has 0 aliphatic rings. The number of nitrogens with zero attached hydrogens (tertiary/aromatic N) is 2. The van der Waals surface area contributed by atoms with Gasteiger partial charge in [-0.1, -0.05) is 0 Å². The van der Waals surface area contributed by atoms with E-state index in [9.17, 15) is 9.59 Å². The highest BCUT2D eigenvalue weighted by Gasteiger charge is 2.07. The third-order valence-electron chi connectivity index (χ3n) is 1.16. The molecule has 1 aromatic heterocycles. The first-order valence-electron chi connectivity index (χ1n) is 3.08. The number of rotatable bonds is 3. The minimum atomic E-state index is -1.17. The van der Waals surface area contributed by atoms with Gasteiger partial charge < -0.3 is 10.2 Å². The second kappa shape index (κ2) is 3.04. The van der Waals surface area contributed by atoms with Gasteiger partial charge in [-0.2, -0.15) is 5.10 Å². The highest BCUT2D eigenvalue weighted by atomic mass is 16.4. The maximum absolute atomic E-state index is 10.3. The molecule has 64 valence electrons. The van der Waals surface area contributed by atoms with E-state index in [4.69, 9.17) is 10.2 Å². The summed E-state index contributed by atoms with van der Waals surface area (Å²) in [5, 5.41) is 20.2. The first-order chi connectivity index (χ1) is 5.59. The van der Waals surface area contributed by atoms with E-state index in [1.54, 1.807) is 0 Å². The van der Waals surface area contributed by atoms with Gasteiger partial charge in [-0.05, 0) is 6.07 Å². The lowest BCUT2D eigenvalue weighted by molar-refractivity contribution is -0.137. The second-order valence-corrected chi connectivity index (χ2v) is 2.10. The van der Waals surface area contributed by atoms with Crippen molar-refractivity contribution in [2.75, 3.05) is 0 Å². The molecule has 0 aliphatic heterocycles. The summed E-state index contributed by atoms with van der Waals surface area (Å²) in [4.78, 5) is 20.4. The predicted molar refractivity (Wildman–Crippen MR) is 36.8 cm³/mol. The van der Waals surface area contributed by atoms with Crippen molar-refractivity contribution in [2.45, 2.75) is 6.54 Å². The summed E-state index contributed by atoms with van der Waals surface area (Å²) in [6.07, 6.45) is 1.30. The highest BCUT2D eigenvalue weighted by Crippen LogP contribution is 1.94. The maximum Gasteiger partial charge on any atom is 0.356 e. The molecule has 0 aromatic carbocycles. The molecule has 0 atom stereocenters. The minimum absolute atomic E-state index is 0.156. The van der Waals surface area contributed by atoms with Gasteiger partial charge in [0.25, 0.3) is 0 Å². The van der Waals surface area contributed by atoms with Crippen molar-refractivity contribution in [3.8, 4) is 0 Å². The number of aliphatic carboxylic acids is 1. The van der Waals surface area contributed by atoms with Crippen molar-refractivity contribution in [3.05, 3.63) is 18.0 Å². The van der Waals surface area contributed by atoms with Crippen molar-refractivity contribution in [2.24, 2.45) is 0 Å². The largest absolute Gasteiger partial charge is 0.480 e. The van der Waals surface area contributed by atoms with Gasteiger partial charge in [0, 0.05) is 6.20 Å². The van der Waals surface area contributed by atoms with Crippen molar-refractivity contribution < 1.29 is 19.8 Å². The molecule has 0 radical (unpaired) electrons. The van der Waals surface area contributed by atoms with Crippen LogP contribution in [0.15, 0.2) is 12.3 Å². The summed E-state index contributed by atoms with van der Waals surface area (Å²) in [6.45, 7) is -0.326. The first-order valence-corrected chi connectivity index (χ1v) is 3.08. The molecule has 0 bridgehead atoms. The summed E-state index contributed by atoms with van der Waals surface area (Å²) in [5.74, 6) is -2.23. The van der Waals surface area contributed by atoms with Crippen LogP contribution in [-0.2, 0) is 11.3 Å². The van der Waals surface area contributed by atoms with Crippen LogP contribution in [0.3, 0.4) is 0 Å². The van der Waals surface area contributed by atoms with E-state index < -0.39 is 11.9 Å². The van der Waals surface area contributed by atoms with Crippen LogP contribution in [0.4, 0.5) is 0 Å². The standard InChI is InChI=1S/C6H6N2O4/c9-5(10)3-8-2-1-4(7-8)6(11)12/h1-2H,3H2,(H,9,10)(H,11,12). The van der Waals surface area contributed by atoms with Gasteiger partial charge in [0.2, 0.25) is 0 Å². The SMILES string of the molecule is O=C(O)Cn1ccc(C(=O)O)n1. The van der Waals surface area contributed by atoms with Gasteiger partial charge in [0.15, 0.2) is 5.69 Å². The van der Waals surface area contributed by atoms with E-state index >= 15 is 0 Å². The van der Waals surface area contributed by atoms with Crippen molar-refractivity contribution in [1.29, 1.82) is 0 Å². The van der Waals surface area contributed by atoms with Gasteiger partial charge in [0.1, 0.15) is 6.54 Å². The Kier molecular flexibility index (Phi) is 2.09. The van der Waals surface area contributed by atoms with Crippen LogP contribution in [0.25, 0.3) is 0 Å². The fourth-order valence-electron chi connectivity index (χ4n) is 0.702. The summed E-state index contributed by atoms with van der Waals surface area (Å²) in [7, 11) is 0. The van der Waals surface area contributed by atoms with E-state index in [0.717, 1.165) is 4.68 Å². The zero-order valence-corrected chi connectivity index (χ0v) is 5.97. The van der Waals surface area contributed by atoms with Crippen LogP contribution in [0, 0.1) is 0 Å². The Morgan fingerprint density at radius 2 is 2.17 bits per heavy atom. The number of aromatic carboxylic acids is 1. The smallest absolute Gasteiger partial charge is 0.356 e. The van der Waals surface area contributed by atoms with Crippen LogP contribution in [-0.4, -0.2) is 31.9 Å². The molecule has 0 saturated carbocycles. The third-order valence-corrected chi connectivity index (χ3v) is 1.16. The highest BCUT2D eigenvalue weighted by molar-refractivity contribution is 5.85. The fraction of sp³-hybridized carbons (Fsp3) is 0.167. The molecule has 0 unspecified atom stereocenters. The summed E-state index contributed by atoms with van der Waals surface area (Å²) >= 11 is 0. The topological polar surface area (TPSA) is 92.4 Å². The lowest BCUT2D eigenvalue weighted by atomic mass is 10.5. The average Bonchev–Trinajstić information content (AvgIpc) is 2.34. The maximum atomic E-state index is 10.3. The lowest BCUT2D eigenvalue weighted by Crippen LogP contribution is -2.10. The van der Waals surface area contributed by atoms with E-state index in [0.29, 0.717) is 0 Å². The lowest BCUT2D eigenvalue weighted by Gasteiger charge is -1.92. The number of carbonyl (C=O) groups is 2. The zero-order chi connectivity index (χ0) is 9.14. The van der Waals surface area contributed by atoms with E-state index in [-0.39, 0.29) is 12.2 Å².